The smallest absolute Gasteiger partial charge is 0.341 e. The number of benzene rings is 1. The summed E-state index contributed by atoms with van der Waals surface area (Å²) in [7, 11) is 0. The Morgan fingerprint density at radius 3 is 2.79 bits per heavy atom. The molecule has 0 bridgehead atoms. The molecule has 0 saturated heterocycles. The highest BCUT2D eigenvalue weighted by molar-refractivity contribution is 7.09. The Bertz CT molecular complexity index is 525. The molecule has 2 aromatic rings. The Labute approximate surface area is 115 Å². The summed E-state index contributed by atoms with van der Waals surface area (Å²) in [5.41, 5.74) is 0.959. The Morgan fingerprint density at radius 2 is 2.05 bits per heavy atom. The van der Waals surface area contributed by atoms with Gasteiger partial charge in [-0.1, -0.05) is 24.3 Å². The lowest BCUT2D eigenvalue weighted by Gasteiger charge is -2.10. The molecule has 1 aromatic heterocycles. The molecule has 0 amide bonds. The maximum absolute atomic E-state index is 10.5. The molecule has 0 aliphatic rings. The van der Waals surface area contributed by atoms with Gasteiger partial charge in [-0.05, 0) is 17.5 Å². The summed E-state index contributed by atoms with van der Waals surface area (Å²) in [6, 6.07) is 11.6. The van der Waals surface area contributed by atoms with E-state index in [9.17, 15) is 4.79 Å². The number of rotatable bonds is 7. The molecule has 0 atom stereocenters. The molecule has 0 unspecified atom stereocenters. The minimum atomic E-state index is -0.971. The van der Waals surface area contributed by atoms with Crippen LogP contribution in [0.4, 0.5) is 0 Å². The Balaban J connectivity index is 1.89. The minimum absolute atomic E-state index is 0.318. The standard InChI is InChI=1S/C14H15NO3S/c16-14(17)10-18-13-6-2-1-4-11(13)8-15-9-12-5-3-7-19-12/h1-7,15H,8-10H2,(H,16,17). The van der Waals surface area contributed by atoms with Crippen LogP contribution in [0.15, 0.2) is 41.8 Å². The Kier molecular flexibility index (Phi) is 4.94. The van der Waals surface area contributed by atoms with Gasteiger partial charge in [-0.15, -0.1) is 11.3 Å². The van der Waals surface area contributed by atoms with Crippen molar-refractivity contribution in [2.45, 2.75) is 13.1 Å². The molecule has 2 N–H and O–H groups in total. The van der Waals surface area contributed by atoms with Gasteiger partial charge < -0.3 is 15.2 Å². The van der Waals surface area contributed by atoms with E-state index in [0.717, 1.165) is 12.1 Å². The second-order valence-electron chi connectivity index (χ2n) is 3.97. The van der Waals surface area contributed by atoms with Crippen molar-refractivity contribution in [3.63, 3.8) is 0 Å². The van der Waals surface area contributed by atoms with Gasteiger partial charge in [0.1, 0.15) is 5.75 Å². The number of ether oxygens (including phenoxy) is 1. The number of para-hydroxylation sites is 1. The quantitative estimate of drug-likeness (QED) is 0.816. The predicted octanol–water partition coefficient (Wildman–Crippen LogP) is 2.50. The van der Waals surface area contributed by atoms with E-state index in [1.807, 2.05) is 29.6 Å². The maximum atomic E-state index is 10.5. The maximum Gasteiger partial charge on any atom is 0.341 e. The molecule has 100 valence electrons. The van der Waals surface area contributed by atoms with Crippen LogP contribution in [-0.4, -0.2) is 17.7 Å². The number of carbonyl (C=O) groups is 1. The molecule has 0 spiro atoms. The van der Waals surface area contributed by atoms with Gasteiger partial charge in [0.15, 0.2) is 6.61 Å². The van der Waals surface area contributed by atoms with Crippen LogP contribution < -0.4 is 10.1 Å². The molecule has 0 aliphatic heterocycles. The first-order valence-corrected chi connectivity index (χ1v) is 6.79. The summed E-state index contributed by atoms with van der Waals surface area (Å²) in [6.45, 7) is 1.13. The van der Waals surface area contributed by atoms with Gasteiger partial charge in [-0.3, -0.25) is 0 Å². The van der Waals surface area contributed by atoms with Crippen molar-refractivity contribution in [3.05, 3.63) is 52.2 Å². The summed E-state index contributed by atoms with van der Waals surface area (Å²) in [4.78, 5) is 11.8. The third-order valence-corrected chi connectivity index (χ3v) is 3.39. The number of hydrogen-bond donors (Lipinski definition) is 2. The lowest BCUT2D eigenvalue weighted by Crippen LogP contribution is -2.15. The van der Waals surface area contributed by atoms with Gasteiger partial charge in [-0.25, -0.2) is 4.79 Å². The average Bonchev–Trinajstić information content (AvgIpc) is 2.91. The van der Waals surface area contributed by atoms with E-state index in [1.165, 1.54) is 4.88 Å². The van der Waals surface area contributed by atoms with Crippen molar-refractivity contribution in [1.29, 1.82) is 0 Å². The third kappa shape index (κ3) is 4.39. The van der Waals surface area contributed by atoms with Gasteiger partial charge in [0.05, 0.1) is 0 Å². The Morgan fingerprint density at radius 1 is 1.21 bits per heavy atom. The first kappa shape index (κ1) is 13.6. The molecule has 2 rings (SSSR count). The molecule has 19 heavy (non-hydrogen) atoms. The van der Waals surface area contributed by atoms with Crippen molar-refractivity contribution in [3.8, 4) is 5.75 Å². The zero-order chi connectivity index (χ0) is 13.5. The number of nitrogens with one attached hydrogen (secondary N) is 1. The lowest BCUT2D eigenvalue weighted by atomic mass is 10.2. The number of thiophene rings is 1. The lowest BCUT2D eigenvalue weighted by molar-refractivity contribution is -0.139. The summed E-state index contributed by atoms with van der Waals surface area (Å²) in [6.07, 6.45) is 0. The second-order valence-corrected chi connectivity index (χ2v) is 5.01. The summed E-state index contributed by atoms with van der Waals surface area (Å²) < 4.78 is 5.25. The highest BCUT2D eigenvalue weighted by atomic mass is 32.1. The normalized spacial score (nSPS) is 10.3. The molecular weight excluding hydrogens is 262 g/mol. The number of carboxylic acid groups (broad SMARTS) is 1. The molecule has 0 radical (unpaired) electrons. The highest BCUT2D eigenvalue weighted by Gasteiger charge is 2.05. The van der Waals surface area contributed by atoms with Gasteiger partial charge in [0.25, 0.3) is 0 Å². The summed E-state index contributed by atoms with van der Waals surface area (Å²) in [5, 5.41) is 14.0. The van der Waals surface area contributed by atoms with E-state index < -0.39 is 5.97 Å². The van der Waals surface area contributed by atoms with E-state index in [1.54, 1.807) is 17.4 Å². The van der Waals surface area contributed by atoms with Crippen molar-refractivity contribution >= 4 is 17.3 Å². The molecule has 5 heteroatoms. The molecule has 4 nitrogen and oxygen atoms in total. The predicted molar refractivity (Wildman–Crippen MR) is 74.4 cm³/mol. The summed E-state index contributed by atoms with van der Waals surface area (Å²) >= 11 is 1.70. The Hall–Kier alpha value is -1.85. The van der Waals surface area contributed by atoms with Crippen LogP contribution in [-0.2, 0) is 17.9 Å². The van der Waals surface area contributed by atoms with Crippen LogP contribution in [0.1, 0.15) is 10.4 Å². The largest absolute Gasteiger partial charge is 0.482 e. The molecule has 0 aliphatic carbocycles. The SMILES string of the molecule is O=C(O)COc1ccccc1CNCc1cccs1. The van der Waals surface area contributed by atoms with Gasteiger partial charge in [-0.2, -0.15) is 0 Å². The molecule has 1 heterocycles. The van der Waals surface area contributed by atoms with Crippen LogP contribution >= 0.6 is 11.3 Å². The second kappa shape index (κ2) is 6.92. The first-order chi connectivity index (χ1) is 9.25. The van der Waals surface area contributed by atoms with Crippen molar-refractivity contribution in [2.75, 3.05) is 6.61 Å². The average molecular weight is 277 g/mol. The van der Waals surface area contributed by atoms with Gasteiger partial charge >= 0.3 is 5.97 Å². The number of aliphatic carboxylic acids is 1. The minimum Gasteiger partial charge on any atom is -0.482 e. The third-order valence-electron chi connectivity index (χ3n) is 2.52. The molecule has 0 fully saturated rings. The molecular formula is C14H15NO3S. The molecule has 0 saturated carbocycles. The topological polar surface area (TPSA) is 58.6 Å². The van der Waals surface area contributed by atoms with Crippen LogP contribution in [0, 0.1) is 0 Å². The molecule has 1 aromatic carbocycles. The zero-order valence-electron chi connectivity index (χ0n) is 10.3. The van der Waals surface area contributed by atoms with Crippen LogP contribution in [0.3, 0.4) is 0 Å². The van der Waals surface area contributed by atoms with E-state index in [4.69, 9.17) is 9.84 Å². The van der Waals surface area contributed by atoms with E-state index in [0.29, 0.717) is 12.3 Å². The summed E-state index contributed by atoms with van der Waals surface area (Å²) in [5.74, 6) is -0.357. The van der Waals surface area contributed by atoms with Crippen LogP contribution in [0.5, 0.6) is 5.75 Å². The zero-order valence-corrected chi connectivity index (χ0v) is 11.2. The van der Waals surface area contributed by atoms with Crippen molar-refractivity contribution in [1.82, 2.24) is 5.32 Å². The monoisotopic (exact) mass is 277 g/mol. The first-order valence-electron chi connectivity index (χ1n) is 5.91. The van der Waals surface area contributed by atoms with Crippen molar-refractivity contribution < 1.29 is 14.6 Å². The highest BCUT2D eigenvalue weighted by Crippen LogP contribution is 2.18. The fraction of sp³-hybridized carbons (Fsp3) is 0.214. The number of carboxylic acids is 1. The van der Waals surface area contributed by atoms with Crippen LogP contribution in [0.2, 0.25) is 0 Å². The van der Waals surface area contributed by atoms with Crippen molar-refractivity contribution in [2.24, 2.45) is 0 Å². The number of hydrogen-bond acceptors (Lipinski definition) is 4. The van der Waals surface area contributed by atoms with Gasteiger partial charge in [0.2, 0.25) is 0 Å². The fourth-order valence-electron chi connectivity index (χ4n) is 1.66. The van der Waals surface area contributed by atoms with Crippen LogP contribution in [0.25, 0.3) is 0 Å². The fourth-order valence-corrected chi connectivity index (χ4v) is 2.34. The van der Waals surface area contributed by atoms with E-state index in [-0.39, 0.29) is 6.61 Å². The van der Waals surface area contributed by atoms with E-state index in [2.05, 4.69) is 11.4 Å². The van der Waals surface area contributed by atoms with Gasteiger partial charge in [0, 0.05) is 23.5 Å². The van der Waals surface area contributed by atoms with E-state index >= 15 is 0 Å².